The second kappa shape index (κ2) is 9.02. The van der Waals surface area contributed by atoms with Crippen LogP contribution in [-0.2, 0) is 0 Å². The largest absolute Gasteiger partial charge is 0.495 e. The Morgan fingerprint density at radius 2 is 2.07 bits per heavy atom. The van der Waals surface area contributed by atoms with E-state index in [-0.39, 0.29) is 12.6 Å². The molecule has 1 fully saturated rings. The molecule has 1 aliphatic rings. The van der Waals surface area contributed by atoms with E-state index in [1.54, 1.807) is 23.1 Å². The number of benzene rings is 2. The zero-order valence-corrected chi connectivity index (χ0v) is 16.0. The topological polar surface area (TPSA) is 82.7 Å². The minimum atomic E-state index is -0.412. The number of rotatable bonds is 4. The zero-order chi connectivity index (χ0) is 19.9. The highest BCUT2D eigenvalue weighted by Gasteiger charge is 2.20. The van der Waals surface area contributed by atoms with Crippen LogP contribution in [0.15, 0.2) is 42.5 Å². The maximum atomic E-state index is 12.0. The van der Waals surface area contributed by atoms with Gasteiger partial charge in [0.2, 0.25) is 0 Å². The number of ether oxygens (including phenoxy) is 1. The SMILES string of the molecule is COc1ccc(Cl)cc1NC(=O)NCC#Cc1ccc(N2CCNC2=O)cc1. The van der Waals surface area contributed by atoms with E-state index in [0.717, 1.165) is 11.3 Å². The summed E-state index contributed by atoms with van der Waals surface area (Å²) in [6.07, 6.45) is 0. The Hall–Kier alpha value is -3.37. The molecule has 0 atom stereocenters. The third-order valence-electron chi connectivity index (χ3n) is 4.02. The van der Waals surface area contributed by atoms with Crippen molar-refractivity contribution in [3.63, 3.8) is 0 Å². The Morgan fingerprint density at radius 3 is 2.75 bits per heavy atom. The Bertz CT molecular complexity index is 935. The van der Waals surface area contributed by atoms with Crippen LogP contribution in [0.25, 0.3) is 0 Å². The predicted molar refractivity (Wildman–Crippen MR) is 109 cm³/mol. The van der Waals surface area contributed by atoms with Gasteiger partial charge in [0.05, 0.1) is 19.3 Å². The van der Waals surface area contributed by atoms with Gasteiger partial charge in [0.25, 0.3) is 0 Å². The van der Waals surface area contributed by atoms with E-state index in [4.69, 9.17) is 16.3 Å². The van der Waals surface area contributed by atoms with Gasteiger partial charge in [-0.05, 0) is 42.5 Å². The molecule has 4 amide bonds. The lowest BCUT2D eigenvalue weighted by atomic mass is 10.2. The molecular formula is C20H19ClN4O3. The quantitative estimate of drug-likeness (QED) is 0.692. The van der Waals surface area contributed by atoms with Crippen LogP contribution in [0.4, 0.5) is 21.0 Å². The molecule has 0 unspecified atom stereocenters. The molecule has 0 spiro atoms. The van der Waals surface area contributed by atoms with E-state index in [0.29, 0.717) is 29.5 Å². The zero-order valence-electron chi connectivity index (χ0n) is 15.2. The van der Waals surface area contributed by atoms with Crippen molar-refractivity contribution < 1.29 is 14.3 Å². The number of nitrogens with zero attached hydrogens (tertiary/aromatic N) is 1. The molecule has 2 aromatic rings. The lowest BCUT2D eigenvalue weighted by Gasteiger charge is -2.13. The first kappa shape index (κ1) is 19.4. The van der Waals surface area contributed by atoms with E-state index in [1.165, 1.54) is 7.11 Å². The van der Waals surface area contributed by atoms with Gasteiger partial charge in [-0.2, -0.15) is 0 Å². The number of carbonyl (C=O) groups excluding carboxylic acids is 2. The van der Waals surface area contributed by atoms with Gasteiger partial charge in [-0.3, -0.25) is 4.90 Å². The second-order valence-electron chi connectivity index (χ2n) is 5.88. The fraction of sp³-hybridized carbons (Fsp3) is 0.200. The summed E-state index contributed by atoms with van der Waals surface area (Å²) in [5, 5.41) is 8.58. The first-order valence-corrected chi connectivity index (χ1v) is 8.97. The number of methoxy groups -OCH3 is 1. The van der Waals surface area contributed by atoms with Crippen molar-refractivity contribution in [2.24, 2.45) is 0 Å². The average molecular weight is 399 g/mol. The van der Waals surface area contributed by atoms with Crippen molar-refractivity contribution in [3.8, 4) is 17.6 Å². The summed E-state index contributed by atoms with van der Waals surface area (Å²) in [6, 6.07) is 11.8. The number of hydrogen-bond acceptors (Lipinski definition) is 3. The number of urea groups is 2. The molecule has 0 aliphatic carbocycles. The van der Waals surface area contributed by atoms with Crippen molar-refractivity contribution >= 4 is 35.0 Å². The maximum absolute atomic E-state index is 12.0. The third-order valence-corrected chi connectivity index (χ3v) is 4.25. The average Bonchev–Trinajstić information content (AvgIpc) is 3.12. The number of hydrogen-bond donors (Lipinski definition) is 3. The first-order valence-electron chi connectivity index (χ1n) is 8.59. The summed E-state index contributed by atoms with van der Waals surface area (Å²) in [5.41, 5.74) is 2.09. The number of anilines is 2. The Balaban J connectivity index is 1.51. The van der Waals surface area contributed by atoms with Crippen LogP contribution in [0.5, 0.6) is 5.75 Å². The van der Waals surface area contributed by atoms with Crippen molar-refractivity contribution in [2.45, 2.75) is 0 Å². The minimum Gasteiger partial charge on any atom is -0.495 e. The van der Waals surface area contributed by atoms with Crippen LogP contribution >= 0.6 is 11.6 Å². The van der Waals surface area contributed by atoms with Gasteiger partial charge >= 0.3 is 12.1 Å². The lowest BCUT2D eigenvalue weighted by molar-refractivity contribution is 0.251. The molecule has 8 heteroatoms. The smallest absolute Gasteiger partial charge is 0.321 e. The molecule has 3 rings (SSSR count). The molecule has 144 valence electrons. The van der Waals surface area contributed by atoms with Crippen molar-refractivity contribution in [3.05, 3.63) is 53.1 Å². The molecule has 3 N–H and O–H groups in total. The van der Waals surface area contributed by atoms with E-state index in [9.17, 15) is 9.59 Å². The maximum Gasteiger partial charge on any atom is 0.321 e. The molecule has 0 radical (unpaired) electrons. The van der Waals surface area contributed by atoms with Crippen LogP contribution in [0.2, 0.25) is 5.02 Å². The third kappa shape index (κ3) is 4.87. The van der Waals surface area contributed by atoms with Gasteiger partial charge in [-0.25, -0.2) is 9.59 Å². The predicted octanol–water partition coefficient (Wildman–Crippen LogP) is 3.05. The van der Waals surface area contributed by atoms with E-state index < -0.39 is 6.03 Å². The van der Waals surface area contributed by atoms with Crippen LogP contribution < -0.4 is 25.6 Å². The van der Waals surface area contributed by atoms with Gasteiger partial charge in [-0.15, -0.1) is 0 Å². The molecule has 7 nitrogen and oxygen atoms in total. The van der Waals surface area contributed by atoms with Gasteiger partial charge in [-0.1, -0.05) is 23.4 Å². The van der Waals surface area contributed by atoms with Gasteiger partial charge in [0.1, 0.15) is 5.75 Å². The highest BCUT2D eigenvalue weighted by molar-refractivity contribution is 6.31. The van der Waals surface area contributed by atoms with E-state index in [2.05, 4.69) is 27.8 Å². The standard InChI is InChI=1S/C20H19ClN4O3/c1-28-18-9-6-15(21)13-17(18)24-19(26)22-10-2-3-14-4-7-16(8-5-14)25-12-11-23-20(25)27/h4-9,13H,10-12H2,1H3,(H,23,27)(H2,22,24,26). The lowest BCUT2D eigenvalue weighted by Crippen LogP contribution is -2.29. The fourth-order valence-electron chi connectivity index (χ4n) is 2.66. The summed E-state index contributed by atoms with van der Waals surface area (Å²) >= 11 is 5.94. The monoisotopic (exact) mass is 398 g/mol. The molecule has 0 bridgehead atoms. The van der Waals surface area contributed by atoms with Crippen molar-refractivity contribution in [1.29, 1.82) is 0 Å². The van der Waals surface area contributed by atoms with Crippen molar-refractivity contribution in [1.82, 2.24) is 10.6 Å². The summed E-state index contributed by atoms with van der Waals surface area (Å²) < 4.78 is 5.18. The van der Waals surface area contributed by atoms with E-state index >= 15 is 0 Å². The molecule has 0 aromatic heterocycles. The van der Waals surface area contributed by atoms with Crippen LogP contribution in [-0.4, -0.2) is 38.8 Å². The van der Waals surface area contributed by atoms with Gasteiger partial charge < -0.3 is 20.7 Å². The fourth-order valence-corrected chi connectivity index (χ4v) is 2.83. The summed E-state index contributed by atoms with van der Waals surface area (Å²) in [4.78, 5) is 25.3. The normalized spacial score (nSPS) is 12.6. The number of amides is 4. The van der Waals surface area contributed by atoms with E-state index in [1.807, 2.05) is 24.3 Å². The van der Waals surface area contributed by atoms with Crippen LogP contribution in [0.1, 0.15) is 5.56 Å². The summed E-state index contributed by atoms with van der Waals surface area (Å²) in [6.45, 7) is 1.47. The van der Waals surface area contributed by atoms with Crippen molar-refractivity contribution in [2.75, 3.05) is 37.0 Å². The molecule has 2 aromatic carbocycles. The molecule has 1 saturated heterocycles. The Kier molecular flexibility index (Phi) is 6.25. The van der Waals surface area contributed by atoms with Crippen LogP contribution in [0.3, 0.4) is 0 Å². The number of nitrogens with one attached hydrogen (secondary N) is 3. The highest BCUT2D eigenvalue weighted by Crippen LogP contribution is 2.27. The minimum absolute atomic E-state index is 0.0922. The number of halogens is 1. The van der Waals surface area contributed by atoms with Gasteiger partial charge in [0.15, 0.2) is 0 Å². The molecule has 0 saturated carbocycles. The van der Waals surface area contributed by atoms with Crippen LogP contribution in [0, 0.1) is 11.8 Å². The first-order chi connectivity index (χ1) is 13.6. The molecule has 28 heavy (non-hydrogen) atoms. The Morgan fingerprint density at radius 1 is 1.29 bits per heavy atom. The molecular weight excluding hydrogens is 380 g/mol. The Labute approximate surface area is 168 Å². The summed E-state index contributed by atoms with van der Waals surface area (Å²) in [5.74, 6) is 6.36. The van der Waals surface area contributed by atoms with Gasteiger partial charge in [0, 0.05) is 29.4 Å². The second-order valence-corrected chi connectivity index (χ2v) is 6.32. The molecule has 1 heterocycles. The molecule has 1 aliphatic heterocycles. The highest BCUT2D eigenvalue weighted by atomic mass is 35.5. The summed E-state index contributed by atoms with van der Waals surface area (Å²) in [7, 11) is 1.51. The number of carbonyl (C=O) groups is 2.